The zero-order chi connectivity index (χ0) is 17.1. The van der Waals surface area contributed by atoms with Crippen LogP contribution in [0.25, 0.3) is 11.0 Å². The molecule has 2 heterocycles. The van der Waals surface area contributed by atoms with E-state index in [1.54, 1.807) is 18.9 Å². The van der Waals surface area contributed by atoms with Gasteiger partial charge in [0, 0.05) is 6.54 Å². The molecular weight excluding hydrogens is 308 g/mol. The van der Waals surface area contributed by atoms with Gasteiger partial charge in [-0.25, -0.2) is 4.98 Å². The Labute approximate surface area is 139 Å². The summed E-state index contributed by atoms with van der Waals surface area (Å²) in [6.07, 6.45) is 1.83. The normalized spacial score (nSPS) is 10.8. The minimum absolute atomic E-state index is 0.216. The quantitative estimate of drug-likeness (QED) is 0.713. The number of nitrogens with zero attached hydrogens (tertiary/aromatic N) is 4. The molecule has 1 aromatic carbocycles. The summed E-state index contributed by atoms with van der Waals surface area (Å²) in [6, 6.07) is 5.67. The number of ether oxygens (including phenoxy) is 2. The van der Waals surface area contributed by atoms with Gasteiger partial charge in [0.25, 0.3) is 0 Å². The zero-order valence-corrected chi connectivity index (χ0v) is 13.9. The lowest BCUT2D eigenvalue weighted by molar-refractivity contribution is 0.382. The molecule has 0 spiro atoms. The molecular formula is C16H20N6O2. The number of nitrogen functional groups attached to an aromatic ring is 1. The van der Waals surface area contributed by atoms with Gasteiger partial charge in [-0.15, -0.1) is 0 Å². The standard InChI is InChI=1S/C16H20N6O2/c1-4-18-15-14-11(19-16(17)20-15)9-22(21-14)8-10-12(23-2)6-5-7-13(10)24-3/h5-7,9H,4,8H2,1-3H3,(H3,17,18,19,20). The lowest BCUT2D eigenvalue weighted by Crippen LogP contribution is -2.05. The molecule has 0 amide bonds. The number of benzene rings is 1. The van der Waals surface area contributed by atoms with Crippen molar-refractivity contribution in [2.45, 2.75) is 13.5 Å². The first-order chi connectivity index (χ1) is 11.7. The van der Waals surface area contributed by atoms with Gasteiger partial charge in [0.1, 0.15) is 17.0 Å². The van der Waals surface area contributed by atoms with E-state index in [1.165, 1.54) is 0 Å². The Morgan fingerprint density at radius 3 is 2.50 bits per heavy atom. The molecule has 0 unspecified atom stereocenters. The van der Waals surface area contributed by atoms with E-state index in [0.29, 0.717) is 23.4 Å². The first kappa shape index (κ1) is 15.9. The van der Waals surface area contributed by atoms with Crippen LogP contribution in [0.1, 0.15) is 12.5 Å². The molecule has 0 saturated carbocycles. The van der Waals surface area contributed by atoms with E-state index in [-0.39, 0.29) is 5.95 Å². The molecule has 2 aromatic heterocycles. The molecule has 0 aliphatic rings. The fourth-order valence-electron chi connectivity index (χ4n) is 2.59. The van der Waals surface area contributed by atoms with Crippen molar-refractivity contribution in [3.8, 4) is 11.5 Å². The Kier molecular flexibility index (Phi) is 4.37. The smallest absolute Gasteiger partial charge is 0.222 e. The highest BCUT2D eigenvalue weighted by molar-refractivity contribution is 5.85. The van der Waals surface area contributed by atoms with Crippen LogP contribution in [0, 0.1) is 0 Å². The van der Waals surface area contributed by atoms with Crippen molar-refractivity contribution < 1.29 is 9.47 Å². The molecule has 24 heavy (non-hydrogen) atoms. The summed E-state index contributed by atoms with van der Waals surface area (Å²) in [4.78, 5) is 8.46. The van der Waals surface area contributed by atoms with Crippen LogP contribution in [0.3, 0.4) is 0 Å². The fourth-order valence-corrected chi connectivity index (χ4v) is 2.59. The summed E-state index contributed by atoms with van der Waals surface area (Å²) in [5, 5.41) is 7.74. The largest absolute Gasteiger partial charge is 0.496 e. The molecule has 0 fully saturated rings. The minimum Gasteiger partial charge on any atom is -0.496 e. The highest BCUT2D eigenvalue weighted by Gasteiger charge is 2.14. The number of fused-ring (bicyclic) bond motifs is 1. The van der Waals surface area contributed by atoms with Crippen molar-refractivity contribution in [1.29, 1.82) is 0 Å². The first-order valence-corrected chi connectivity index (χ1v) is 7.60. The van der Waals surface area contributed by atoms with Crippen LogP contribution in [0.4, 0.5) is 11.8 Å². The number of hydrogen-bond donors (Lipinski definition) is 2. The van der Waals surface area contributed by atoms with Crippen LogP contribution in [0.15, 0.2) is 24.4 Å². The average Bonchev–Trinajstić information content (AvgIpc) is 2.97. The van der Waals surface area contributed by atoms with Gasteiger partial charge >= 0.3 is 0 Å². The summed E-state index contributed by atoms with van der Waals surface area (Å²) in [5.74, 6) is 2.33. The molecule has 0 aliphatic carbocycles. The number of nitrogens with two attached hydrogens (primary N) is 1. The van der Waals surface area contributed by atoms with Crippen LogP contribution < -0.4 is 20.5 Å². The molecule has 3 N–H and O–H groups in total. The second-order valence-electron chi connectivity index (χ2n) is 5.16. The number of aromatic nitrogens is 4. The maximum Gasteiger partial charge on any atom is 0.222 e. The van der Waals surface area contributed by atoms with Gasteiger partial charge in [0.15, 0.2) is 11.3 Å². The van der Waals surface area contributed by atoms with Crippen molar-refractivity contribution in [3.63, 3.8) is 0 Å². The predicted octanol–water partition coefficient (Wildman–Crippen LogP) is 1.91. The molecule has 0 saturated heterocycles. The number of nitrogens with one attached hydrogen (secondary N) is 1. The molecule has 8 heteroatoms. The topological polar surface area (TPSA) is 100 Å². The Morgan fingerprint density at radius 2 is 1.88 bits per heavy atom. The third kappa shape index (κ3) is 2.90. The maximum absolute atomic E-state index is 5.77. The van der Waals surface area contributed by atoms with Crippen LogP contribution in [0.2, 0.25) is 0 Å². The van der Waals surface area contributed by atoms with E-state index in [2.05, 4.69) is 20.4 Å². The second-order valence-corrected chi connectivity index (χ2v) is 5.16. The van der Waals surface area contributed by atoms with Gasteiger partial charge in [0.2, 0.25) is 5.95 Å². The Bertz CT molecular complexity index is 839. The summed E-state index contributed by atoms with van der Waals surface area (Å²) >= 11 is 0. The molecule has 3 aromatic rings. The van der Waals surface area contributed by atoms with Crippen molar-refractivity contribution >= 4 is 22.8 Å². The van der Waals surface area contributed by atoms with Crippen molar-refractivity contribution in [2.75, 3.05) is 31.8 Å². The summed E-state index contributed by atoms with van der Waals surface area (Å²) < 4.78 is 12.6. The number of anilines is 2. The number of rotatable bonds is 6. The molecule has 126 valence electrons. The Hall–Kier alpha value is -3.03. The third-order valence-electron chi connectivity index (χ3n) is 3.62. The van der Waals surface area contributed by atoms with E-state index in [1.807, 2.05) is 31.3 Å². The lowest BCUT2D eigenvalue weighted by Gasteiger charge is -2.12. The lowest BCUT2D eigenvalue weighted by atomic mass is 10.1. The van der Waals surface area contributed by atoms with Crippen LogP contribution in [-0.4, -0.2) is 40.5 Å². The monoisotopic (exact) mass is 328 g/mol. The molecule has 0 aliphatic heterocycles. The van der Waals surface area contributed by atoms with Crippen LogP contribution in [-0.2, 0) is 6.54 Å². The Morgan fingerprint density at radius 1 is 1.17 bits per heavy atom. The number of hydrogen-bond acceptors (Lipinski definition) is 7. The van der Waals surface area contributed by atoms with Crippen molar-refractivity contribution in [3.05, 3.63) is 30.0 Å². The van der Waals surface area contributed by atoms with E-state index in [0.717, 1.165) is 23.6 Å². The van der Waals surface area contributed by atoms with Crippen molar-refractivity contribution in [2.24, 2.45) is 0 Å². The van der Waals surface area contributed by atoms with Crippen molar-refractivity contribution in [1.82, 2.24) is 19.7 Å². The van der Waals surface area contributed by atoms with Gasteiger partial charge in [-0.2, -0.15) is 10.1 Å². The maximum atomic E-state index is 5.77. The minimum atomic E-state index is 0.216. The summed E-state index contributed by atoms with van der Waals surface area (Å²) in [7, 11) is 3.26. The molecule has 3 rings (SSSR count). The fraction of sp³-hybridized carbons (Fsp3) is 0.312. The Balaban J connectivity index is 2.04. The third-order valence-corrected chi connectivity index (χ3v) is 3.62. The van der Waals surface area contributed by atoms with E-state index in [9.17, 15) is 0 Å². The second kappa shape index (κ2) is 6.61. The molecule has 0 atom stereocenters. The van der Waals surface area contributed by atoms with Gasteiger partial charge in [-0.1, -0.05) is 6.07 Å². The highest BCUT2D eigenvalue weighted by atomic mass is 16.5. The SMILES string of the molecule is CCNc1nc(N)nc2cn(Cc3c(OC)cccc3OC)nc12. The van der Waals surface area contributed by atoms with E-state index >= 15 is 0 Å². The van der Waals surface area contributed by atoms with Crippen LogP contribution >= 0.6 is 0 Å². The molecule has 0 radical (unpaired) electrons. The van der Waals surface area contributed by atoms with Gasteiger partial charge < -0.3 is 20.5 Å². The average molecular weight is 328 g/mol. The number of methoxy groups -OCH3 is 2. The van der Waals surface area contributed by atoms with Gasteiger partial charge in [0.05, 0.1) is 32.5 Å². The summed E-state index contributed by atoms with van der Waals surface area (Å²) in [6.45, 7) is 3.19. The van der Waals surface area contributed by atoms with E-state index in [4.69, 9.17) is 15.2 Å². The predicted molar refractivity (Wildman–Crippen MR) is 92.5 cm³/mol. The molecule has 0 bridgehead atoms. The van der Waals surface area contributed by atoms with E-state index < -0.39 is 0 Å². The molecule has 8 nitrogen and oxygen atoms in total. The van der Waals surface area contributed by atoms with Gasteiger partial charge in [-0.3, -0.25) is 4.68 Å². The van der Waals surface area contributed by atoms with Gasteiger partial charge in [-0.05, 0) is 19.1 Å². The highest BCUT2D eigenvalue weighted by Crippen LogP contribution is 2.29. The van der Waals surface area contributed by atoms with Crippen LogP contribution in [0.5, 0.6) is 11.5 Å². The summed E-state index contributed by atoms with van der Waals surface area (Å²) in [5.41, 5.74) is 8.04. The first-order valence-electron chi connectivity index (χ1n) is 7.60. The zero-order valence-electron chi connectivity index (χ0n) is 13.9.